The molecule has 1 aromatic carbocycles. The van der Waals surface area contributed by atoms with Crippen LogP contribution in [0.3, 0.4) is 0 Å². The first-order chi connectivity index (χ1) is 7.97. The summed E-state index contributed by atoms with van der Waals surface area (Å²) < 4.78 is 25.7. The third kappa shape index (κ3) is 3.69. The van der Waals surface area contributed by atoms with Gasteiger partial charge >= 0.3 is 5.97 Å². The van der Waals surface area contributed by atoms with Crippen molar-refractivity contribution in [1.82, 2.24) is 4.72 Å². The van der Waals surface area contributed by atoms with Gasteiger partial charge in [-0.3, -0.25) is 4.79 Å². The molecule has 1 atom stereocenters. The van der Waals surface area contributed by atoms with Gasteiger partial charge in [-0.1, -0.05) is 24.3 Å². The lowest BCUT2D eigenvalue weighted by atomic mass is 10.2. The number of rotatable bonds is 6. The number of carbonyl (C=O) groups is 1. The van der Waals surface area contributed by atoms with E-state index in [0.29, 0.717) is 0 Å². The van der Waals surface area contributed by atoms with Gasteiger partial charge in [0.2, 0.25) is 10.0 Å². The molecule has 0 aliphatic rings. The molecule has 0 fully saturated rings. The van der Waals surface area contributed by atoms with E-state index in [4.69, 9.17) is 5.11 Å². The van der Waals surface area contributed by atoms with Crippen LogP contribution in [-0.4, -0.2) is 25.5 Å². The topological polar surface area (TPSA) is 83.5 Å². The highest BCUT2D eigenvalue weighted by atomic mass is 32.2. The predicted molar refractivity (Wildman–Crippen MR) is 63.0 cm³/mol. The lowest BCUT2D eigenvalue weighted by Crippen LogP contribution is -2.40. The highest BCUT2D eigenvalue weighted by Crippen LogP contribution is 2.09. The number of hydrogen-bond donors (Lipinski definition) is 2. The summed E-state index contributed by atoms with van der Waals surface area (Å²) in [4.78, 5) is 10.9. The summed E-state index contributed by atoms with van der Waals surface area (Å²) in [5.41, 5.74) is 0. The maximum absolute atomic E-state index is 11.8. The average molecular weight is 255 g/mol. The van der Waals surface area contributed by atoms with Crippen molar-refractivity contribution in [3.8, 4) is 0 Å². The molecule has 1 rings (SSSR count). The van der Waals surface area contributed by atoms with Crippen molar-refractivity contribution in [2.45, 2.75) is 17.4 Å². The second-order valence-electron chi connectivity index (χ2n) is 3.35. The van der Waals surface area contributed by atoms with Crippen molar-refractivity contribution in [2.24, 2.45) is 0 Å². The van der Waals surface area contributed by atoms with Crippen molar-refractivity contribution in [1.29, 1.82) is 0 Å². The first-order valence-corrected chi connectivity index (χ1v) is 6.37. The third-order valence-electron chi connectivity index (χ3n) is 2.05. The van der Waals surface area contributed by atoms with Crippen molar-refractivity contribution >= 4 is 16.0 Å². The van der Waals surface area contributed by atoms with Gasteiger partial charge in [0.15, 0.2) is 0 Å². The number of aliphatic carboxylic acids is 1. The molecule has 92 valence electrons. The Morgan fingerprint density at radius 3 is 2.47 bits per heavy atom. The molecular formula is C11H13NO4S. The van der Waals surface area contributed by atoms with Crippen LogP contribution in [-0.2, 0) is 14.8 Å². The quantitative estimate of drug-likeness (QED) is 0.743. The molecule has 6 heteroatoms. The number of sulfonamides is 1. The molecule has 0 radical (unpaired) electrons. The van der Waals surface area contributed by atoms with Gasteiger partial charge in [-0.2, -0.15) is 4.72 Å². The summed E-state index contributed by atoms with van der Waals surface area (Å²) in [6.07, 6.45) is 1.38. The minimum Gasteiger partial charge on any atom is -0.480 e. The van der Waals surface area contributed by atoms with Gasteiger partial charge in [-0.05, 0) is 18.6 Å². The van der Waals surface area contributed by atoms with E-state index in [1.54, 1.807) is 18.2 Å². The zero-order valence-corrected chi connectivity index (χ0v) is 9.85. The summed E-state index contributed by atoms with van der Waals surface area (Å²) in [5, 5.41) is 8.84. The Morgan fingerprint density at radius 2 is 2.00 bits per heavy atom. The minimum absolute atomic E-state index is 0.0292. The molecule has 0 aliphatic heterocycles. The van der Waals surface area contributed by atoms with Gasteiger partial charge in [0.05, 0.1) is 4.90 Å². The SMILES string of the molecule is C=CC[C@H](NS(=O)(=O)c1ccccc1)C(=O)O. The molecule has 0 unspecified atom stereocenters. The van der Waals surface area contributed by atoms with E-state index in [0.717, 1.165) is 0 Å². The minimum atomic E-state index is -3.81. The second-order valence-corrected chi connectivity index (χ2v) is 5.06. The maximum Gasteiger partial charge on any atom is 0.322 e. The summed E-state index contributed by atoms with van der Waals surface area (Å²) in [6, 6.07) is 6.41. The lowest BCUT2D eigenvalue weighted by molar-refractivity contribution is -0.138. The Labute approximate surface area is 99.8 Å². The molecule has 0 saturated carbocycles. The van der Waals surface area contributed by atoms with Crippen molar-refractivity contribution in [2.75, 3.05) is 0 Å². The molecule has 0 heterocycles. The zero-order chi connectivity index (χ0) is 12.9. The standard InChI is InChI=1S/C11H13NO4S/c1-2-6-10(11(13)14)12-17(15,16)9-7-4-3-5-8-9/h2-5,7-8,10,12H,1,6H2,(H,13,14)/t10-/m0/s1. The molecule has 17 heavy (non-hydrogen) atoms. The Bertz CT molecular complexity index is 495. The Hall–Kier alpha value is -1.66. The van der Waals surface area contributed by atoms with Crippen LogP contribution in [0.5, 0.6) is 0 Å². The smallest absolute Gasteiger partial charge is 0.322 e. The number of hydrogen-bond acceptors (Lipinski definition) is 3. The van der Waals surface area contributed by atoms with E-state index < -0.39 is 22.0 Å². The highest BCUT2D eigenvalue weighted by molar-refractivity contribution is 7.89. The largest absolute Gasteiger partial charge is 0.480 e. The van der Waals surface area contributed by atoms with Crippen molar-refractivity contribution in [3.63, 3.8) is 0 Å². The molecule has 0 bridgehead atoms. The van der Waals surface area contributed by atoms with E-state index in [1.807, 2.05) is 0 Å². The summed E-state index contributed by atoms with van der Waals surface area (Å²) >= 11 is 0. The summed E-state index contributed by atoms with van der Waals surface area (Å²) in [7, 11) is -3.81. The predicted octanol–water partition coefficient (Wildman–Crippen LogP) is 0.994. The van der Waals surface area contributed by atoms with Crippen LogP contribution in [0.25, 0.3) is 0 Å². The lowest BCUT2D eigenvalue weighted by Gasteiger charge is -2.12. The molecule has 0 amide bonds. The zero-order valence-electron chi connectivity index (χ0n) is 9.04. The molecule has 0 aliphatic carbocycles. The number of nitrogens with one attached hydrogen (secondary N) is 1. The molecule has 5 nitrogen and oxygen atoms in total. The maximum atomic E-state index is 11.8. The molecule has 0 aromatic heterocycles. The molecule has 0 spiro atoms. The molecule has 2 N–H and O–H groups in total. The molecule has 1 aromatic rings. The van der Waals surface area contributed by atoms with Crippen LogP contribution in [0, 0.1) is 0 Å². The second kappa shape index (κ2) is 5.60. The molecule has 0 saturated heterocycles. The van der Waals surface area contributed by atoms with Gasteiger partial charge in [-0.25, -0.2) is 8.42 Å². The van der Waals surface area contributed by atoms with E-state index in [2.05, 4.69) is 11.3 Å². The van der Waals surface area contributed by atoms with E-state index >= 15 is 0 Å². The average Bonchev–Trinajstić information content (AvgIpc) is 2.29. The first kappa shape index (κ1) is 13.4. The number of carboxylic acid groups (broad SMARTS) is 1. The Kier molecular flexibility index (Phi) is 4.42. The monoisotopic (exact) mass is 255 g/mol. The Morgan fingerprint density at radius 1 is 1.41 bits per heavy atom. The van der Waals surface area contributed by atoms with Gasteiger partial charge in [-0.15, -0.1) is 6.58 Å². The normalized spacial score (nSPS) is 12.9. The van der Waals surface area contributed by atoms with E-state index in [1.165, 1.54) is 18.2 Å². The fourth-order valence-electron chi connectivity index (χ4n) is 1.22. The van der Waals surface area contributed by atoms with Crippen LogP contribution in [0.1, 0.15) is 6.42 Å². The van der Waals surface area contributed by atoms with Gasteiger partial charge in [0.25, 0.3) is 0 Å². The van der Waals surface area contributed by atoms with Crippen LogP contribution in [0.4, 0.5) is 0 Å². The number of benzene rings is 1. The van der Waals surface area contributed by atoms with Crippen LogP contribution < -0.4 is 4.72 Å². The fourth-order valence-corrected chi connectivity index (χ4v) is 2.44. The number of carboxylic acids is 1. The highest BCUT2D eigenvalue weighted by Gasteiger charge is 2.23. The summed E-state index contributed by atoms with van der Waals surface area (Å²) in [6.45, 7) is 3.39. The van der Waals surface area contributed by atoms with Crippen LogP contribution >= 0.6 is 0 Å². The van der Waals surface area contributed by atoms with Gasteiger partial charge < -0.3 is 5.11 Å². The van der Waals surface area contributed by atoms with Crippen molar-refractivity contribution < 1.29 is 18.3 Å². The van der Waals surface area contributed by atoms with Crippen molar-refractivity contribution in [3.05, 3.63) is 43.0 Å². The fraction of sp³-hybridized carbons (Fsp3) is 0.182. The van der Waals surface area contributed by atoms with Crippen LogP contribution in [0.15, 0.2) is 47.9 Å². The first-order valence-electron chi connectivity index (χ1n) is 4.88. The molecular weight excluding hydrogens is 242 g/mol. The van der Waals surface area contributed by atoms with E-state index in [9.17, 15) is 13.2 Å². The summed E-state index contributed by atoms with van der Waals surface area (Å²) in [5.74, 6) is -1.23. The van der Waals surface area contributed by atoms with E-state index in [-0.39, 0.29) is 11.3 Å². The van der Waals surface area contributed by atoms with Crippen LogP contribution in [0.2, 0.25) is 0 Å². The van der Waals surface area contributed by atoms with Gasteiger partial charge in [0.1, 0.15) is 6.04 Å². The van der Waals surface area contributed by atoms with Gasteiger partial charge in [0, 0.05) is 0 Å². The third-order valence-corrected chi connectivity index (χ3v) is 3.54. The Balaban J connectivity index is 2.93.